The molecule has 3 heterocycles. The van der Waals surface area contributed by atoms with E-state index in [-0.39, 0.29) is 37.3 Å². The normalized spacial score (nSPS) is 22.1. The van der Waals surface area contributed by atoms with Crippen molar-refractivity contribution in [2.45, 2.75) is 12.7 Å². The topological polar surface area (TPSA) is 53.5 Å². The van der Waals surface area contributed by atoms with Gasteiger partial charge in [-0.25, -0.2) is 9.37 Å². The maximum atomic E-state index is 14.2. The Morgan fingerprint density at radius 3 is 2.18 bits per heavy atom. The molecule has 2 saturated heterocycles. The summed E-state index contributed by atoms with van der Waals surface area (Å²) < 4.78 is 52.2. The number of halogens is 4. The molecule has 1 aromatic carbocycles. The van der Waals surface area contributed by atoms with Crippen LogP contribution in [0.4, 0.5) is 23.4 Å². The van der Waals surface area contributed by atoms with Gasteiger partial charge < -0.3 is 4.90 Å². The number of pyridine rings is 1. The molecule has 1 aromatic heterocycles. The van der Waals surface area contributed by atoms with E-state index in [4.69, 9.17) is 0 Å². The van der Waals surface area contributed by atoms with Gasteiger partial charge in [-0.1, -0.05) is 30.3 Å². The number of carbonyl (C=O) groups is 2. The number of likely N-dealkylation sites (tertiary alicyclic amines) is 1. The maximum absolute atomic E-state index is 14.2. The summed E-state index contributed by atoms with van der Waals surface area (Å²) in [7, 11) is 0. The molecule has 0 spiro atoms. The van der Waals surface area contributed by atoms with Crippen LogP contribution in [0.2, 0.25) is 0 Å². The Balaban J connectivity index is 1.51. The van der Waals surface area contributed by atoms with Crippen molar-refractivity contribution in [1.82, 2.24) is 9.88 Å². The van der Waals surface area contributed by atoms with Gasteiger partial charge in [-0.15, -0.1) is 0 Å². The Morgan fingerprint density at radius 1 is 1.04 bits per heavy atom. The zero-order valence-electron chi connectivity index (χ0n) is 14.5. The number of nitrogens with zero attached hydrogens (tertiary/aromatic N) is 3. The third-order valence-electron chi connectivity index (χ3n) is 5.12. The summed E-state index contributed by atoms with van der Waals surface area (Å²) in [5.41, 5.74) is -0.370. The van der Waals surface area contributed by atoms with Crippen molar-refractivity contribution in [2.75, 3.05) is 18.0 Å². The molecular weight excluding hydrogens is 378 g/mol. The van der Waals surface area contributed by atoms with Gasteiger partial charge in [0.15, 0.2) is 11.6 Å². The third kappa shape index (κ3) is 3.10. The molecule has 9 heteroatoms. The standard InChI is InChI=1S/C19H15F4N3O2/c20-15-6-12(19(21,22)23)7-24-16(15)25-9-13-14(10-25)18(28)26(17(13)27)8-11-4-2-1-3-5-11/h1-7,13-14H,8-10H2. The first-order valence-corrected chi connectivity index (χ1v) is 8.62. The molecule has 2 fully saturated rings. The van der Waals surface area contributed by atoms with Crippen molar-refractivity contribution in [3.8, 4) is 0 Å². The molecule has 146 valence electrons. The van der Waals surface area contributed by atoms with Crippen LogP contribution in [0, 0.1) is 17.7 Å². The summed E-state index contributed by atoms with van der Waals surface area (Å²) in [6.07, 6.45) is -4.14. The smallest absolute Gasteiger partial charge is 0.353 e. The second-order valence-electron chi connectivity index (χ2n) is 6.89. The van der Waals surface area contributed by atoms with Gasteiger partial charge in [-0.2, -0.15) is 13.2 Å². The van der Waals surface area contributed by atoms with E-state index in [1.54, 1.807) is 0 Å². The fourth-order valence-electron chi connectivity index (χ4n) is 3.73. The van der Waals surface area contributed by atoms with E-state index in [1.165, 1.54) is 9.80 Å². The van der Waals surface area contributed by atoms with E-state index in [0.717, 1.165) is 5.56 Å². The predicted molar refractivity (Wildman–Crippen MR) is 90.4 cm³/mol. The van der Waals surface area contributed by atoms with Gasteiger partial charge in [0.25, 0.3) is 0 Å². The van der Waals surface area contributed by atoms with Crippen molar-refractivity contribution in [3.05, 3.63) is 59.5 Å². The lowest BCUT2D eigenvalue weighted by molar-refractivity contribution is -0.141. The minimum atomic E-state index is -4.70. The van der Waals surface area contributed by atoms with Crippen LogP contribution in [0.15, 0.2) is 42.6 Å². The molecule has 4 rings (SSSR count). The molecule has 5 nitrogen and oxygen atoms in total. The van der Waals surface area contributed by atoms with Crippen molar-refractivity contribution < 1.29 is 27.2 Å². The first-order chi connectivity index (χ1) is 13.3. The molecule has 0 aliphatic carbocycles. The Kier molecular flexibility index (Phi) is 4.32. The van der Waals surface area contributed by atoms with Gasteiger partial charge in [0.05, 0.1) is 23.9 Å². The van der Waals surface area contributed by atoms with Gasteiger partial charge in [-0.3, -0.25) is 14.5 Å². The molecule has 0 saturated carbocycles. The molecule has 2 unspecified atom stereocenters. The highest BCUT2D eigenvalue weighted by atomic mass is 19.4. The average molecular weight is 393 g/mol. The van der Waals surface area contributed by atoms with Crippen molar-refractivity contribution in [2.24, 2.45) is 11.8 Å². The van der Waals surface area contributed by atoms with Crippen molar-refractivity contribution in [1.29, 1.82) is 0 Å². The summed E-state index contributed by atoms with van der Waals surface area (Å²) in [6.45, 7) is 0.240. The Morgan fingerprint density at radius 2 is 1.64 bits per heavy atom. The average Bonchev–Trinajstić information content (AvgIpc) is 3.17. The number of amides is 2. The van der Waals surface area contributed by atoms with E-state index >= 15 is 0 Å². The molecule has 0 bridgehead atoms. The molecular formula is C19H15F4N3O2. The van der Waals surface area contributed by atoms with Crippen LogP contribution in [0.25, 0.3) is 0 Å². The lowest BCUT2D eigenvalue weighted by Crippen LogP contribution is -2.36. The number of carbonyl (C=O) groups excluding carboxylic acids is 2. The highest BCUT2D eigenvalue weighted by Gasteiger charge is 2.52. The largest absolute Gasteiger partial charge is 0.417 e. The Bertz CT molecular complexity index is 909. The third-order valence-corrected chi connectivity index (χ3v) is 5.12. The number of anilines is 1. The molecule has 2 aliphatic heterocycles. The van der Waals surface area contributed by atoms with Crippen LogP contribution in [0.1, 0.15) is 11.1 Å². The van der Waals surface area contributed by atoms with E-state index < -0.39 is 29.4 Å². The maximum Gasteiger partial charge on any atom is 0.417 e. The minimum Gasteiger partial charge on any atom is -0.353 e. The van der Waals surface area contributed by atoms with Crippen LogP contribution in [0.3, 0.4) is 0 Å². The number of hydrogen-bond acceptors (Lipinski definition) is 4. The number of imide groups is 1. The lowest BCUT2D eigenvalue weighted by atomic mass is 10.00. The molecule has 2 aromatic rings. The summed E-state index contributed by atoms with van der Waals surface area (Å²) >= 11 is 0. The second kappa shape index (κ2) is 6.57. The summed E-state index contributed by atoms with van der Waals surface area (Å²) in [5, 5.41) is 0. The van der Waals surface area contributed by atoms with Crippen LogP contribution in [-0.2, 0) is 22.3 Å². The summed E-state index contributed by atoms with van der Waals surface area (Å²) in [6, 6.07) is 9.44. The van der Waals surface area contributed by atoms with Crippen LogP contribution in [-0.4, -0.2) is 34.8 Å². The molecule has 2 amide bonds. The summed E-state index contributed by atoms with van der Waals surface area (Å²) in [5.74, 6) is -3.42. The number of fused-ring (bicyclic) bond motifs is 1. The molecule has 2 atom stereocenters. The van der Waals surface area contributed by atoms with E-state index in [9.17, 15) is 27.2 Å². The SMILES string of the molecule is O=C1C2CN(c3ncc(C(F)(F)F)cc3F)CC2C(=O)N1Cc1ccccc1. The van der Waals surface area contributed by atoms with Gasteiger partial charge in [0.1, 0.15) is 0 Å². The van der Waals surface area contributed by atoms with Crippen LogP contribution < -0.4 is 4.90 Å². The highest BCUT2D eigenvalue weighted by Crippen LogP contribution is 2.37. The zero-order valence-corrected chi connectivity index (χ0v) is 14.5. The van der Waals surface area contributed by atoms with E-state index in [1.807, 2.05) is 30.3 Å². The van der Waals surface area contributed by atoms with Gasteiger partial charge >= 0.3 is 6.18 Å². The Hall–Kier alpha value is -2.97. The molecule has 28 heavy (non-hydrogen) atoms. The van der Waals surface area contributed by atoms with E-state index in [2.05, 4.69) is 4.98 Å². The highest BCUT2D eigenvalue weighted by molar-refractivity contribution is 6.06. The number of aromatic nitrogens is 1. The monoisotopic (exact) mass is 393 g/mol. The predicted octanol–water partition coefficient (Wildman–Crippen LogP) is 2.86. The fraction of sp³-hybridized carbons (Fsp3) is 0.316. The van der Waals surface area contributed by atoms with Gasteiger partial charge in [-0.05, 0) is 11.6 Å². The van der Waals surface area contributed by atoms with Crippen LogP contribution >= 0.6 is 0 Å². The first-order valence-electron chi connectivity index (χ1n) is 8.62. The zero-order chi connectivity index (χ0) is 20.1. The lowest BCUT2D eigenvalue weighted by Gasteiger charge is -2.22. The van der Waals surface area contributed by atoms with Gasteiger partial charge in [0, 0.05) is 19.3 Å². The molecule has 0 N–H and O–H groups in total. The second-order valence-corrected chi connectivity index (χ2v) is 6.89. The minimum absolute atomic E-state index is 0.0375. The van der Waals surface area contributed by atoms with Crippen molar-refractivity contribution >= 4 is 17.6 Å². The van der Waals surface area contributed by atoms with E-state index in [0.29, 0.717) is 12.3 Å². The Labute approximate surface area is 157 Å². The van der Waals surface area contributed by atoms with Crippen LogP contribution in [0.5, 0.6) is 0 Å². The number of alkyl halides is 3. The van der Waals surface area contributed by atoms with Gasteiger partial charge in [0.2, 0.25) is 11.8 Å². The molecule has 2 aliphatic rings. The quantitative estimate of drug-likeness (QED) is 0.595. The number of benzene rings is 1. The number of rotatable bonds is 3. The molecule has 0 radical (unpaired) electrons. The van der Waals surface area contributed by atoms with Crippen molar-refractivity contribution in [3.63, 3.8) is 0 Å². The fourth-order valence-corrected chi connectivity index (χ4v) is 3.73. The first kappa shape index (κ1) is 18.4. The number of hydrogen-bond donors (Lipinski definition) is 0. The summed E-state index contributed by atoms with van der Waals surface area (Å²) in [4.78, 5) is 31.5.